The van der Waals surface area contributed by atoms with E-state index in [1.165, 1.54) is 0 Å². The highest BCUT2D eigenvalue weighted by Gasteiger charge is 2.16. The molecule has 2 aromatic rings. The Bertz CT molecular complexity index is 481. The number of pyridine rings is 1. The van der Waals surface area contributed by atoms with Crippen LogP contribution in [0.25, 0.3) is 0 Å². The second-order valence-electron chi connectivity index (χ2n) is 4.82. The molecule has 0 fully saturated rings. The Hall–Kier alpha value is -1.75. The Labute approximate surface area is 106 Å². The van der Waals surface area contributed by atoms with Crippen molar-refractivity contribution in [2.24, 2.45) is 11.7 Å². The first-order valence-corrected chi connectivity index (χ1v) is 6.12. The topological polar surface area (TPSA) is 77.8 Å². The zero-order valence-corrected chi connectivity index (χ0v) is 10.7. The largest absolute Gasteiger partial charge is 0.338 e. The Morgan fingerprint density at radius 3 is 2.89 bits per heavy atom. The molecule has 0 amide bonds. The van der Waals surface area contributed by atoms with Crippen molar-refractivity contribution in [3.05, 3.63) is 41.8 Å². The van der Waals surface area contributed by atoms with Crippen LogP contribution in [0.1, 0.15) is 43.6 Å². The van der Waals surface area contributed by atoms with E-state index in [-0.39, 0.29) is 6.04 Å². The molecule has 2 N–H and O–H groups in total. The van der Waals surface area contributed by atoms with Gasteiger partial charge in [0.2, 0.25) is 5.89 Å². The van der Waals surface area contributed by atoms with Crippen molar-refractivity contribution in [2.45, 2.75) is 32.7 Å². The lowest BCUT2D eigenvalue weighted by Crippen LogP contribution is -2.13. The fourth-order valence-electron chi connectivity index (χ4n) is 1.78. The summed E-state index contributed by atoms with van der Waals surface area (Å²) in [7, 11) is 0. The third-order valence-electron chi connectivity index (χ3n) is 2.61. The average Bonchev–Trinajstić information content (AvgIpc) is 2.78. The minimum Gasteiger partial charge on any atom is -0.338 e. The fourth-order valence-corrected chi connectivity index (χ4v) is 1.78. The maximum atomic E-state index is 5.99. The Balaban J connectivity index is 2.02. The second kappa shape index (κ2) is 5.73. The standard InChI is InChI=1S/C13H18N4O/c1-9(2)6-11(14)13-16-12(17-18-13)7-10-4-3-5-15-8-10/h3-5,8-9,11H,6-7,14H2,1-2H3/t11-/m1/s1. The molecule has 18 heavy (non-hydrogen) atoms. The molecule has 0 bridgehead atoms. The van der Waals surface area contributed by atoms with E-state index in [9.17, 15) is 0 Å². The molecule has 0 aromatic carbocycles. The van der Waals surface area contributed by atoms with Crippen LogP contribution in [0.4, 0.5) is 0 Å². The van der Waals surface area contributed by atoms with Crippen LogP contribution >= 0.6 is 0 Å². The van der Waals surface area contributed by atoms with Crippen molar-refractivity contribution >= 4 is 0 Å². The lowest BCUT2D eigenvalue weighted by Gasteiger charge is -2.08. The Kier molecular flexibility index (Phi) is 4.04. The highest BCUT2D eigenvalue weighted by atomic mass is 16.5. The SMILES string of the molecule is CC(C)C[C@@H](N)c1nc(Cc2cccnc2)no1. The Morgan fingerprint density at radius 1 is 1.39 bits per heavy atom. The maximum absolute atomic E-state index is 5.99. The minimum atomic E-state index is -0.180. The van der Waals surface area contributed by atoms with Gasteiger partial charge in [0.15, 0.2) is 5.82 Å². The monoisotopic (exact) mass is 246 g/mol. The summed E-state index contributed by atoms with van der Waals surface area (Å²) in [4.78, 5) is 8.38. The third-order valence-corrected chi connectivity index (χ3v) is 2.61. The highest BCUT2D eigenvalue weighted by Crippen LogP contribution is 2.17. The molecule has 0 spiro atoms. The van der Waals surface area contributed by atoms with Crippen LogP contribution < -0.4 is 5.73 Å². The van der Waals surface area contributed by atoms with Crippen LogP contribution in [0.15, 0.2) is 29.0 Å². The number of nitrogens with two attached hydrogens (primary N) is 1. The molecular weight excluding hydrogens is 228 g/mol. The van der Waals surface area contributed by atoms with Crippen LogP contribution in [0.5, 0.6) is 0 Å². The maximum Gasteiger partial charge on any atom is 0.243 e. The van der Waals surface area contributed by atoms with Gasteiger partial charge in [0, 0.05) is 18.8 Å². The van der Waals surface area contributed by atoms with Gasteiger partial charge in [-0.3, -0.25) is 4.98 Å². The molecule has 5 nitrogen and oxygen atoms in total. The van der Waals surface area contributed by atoms with Gasteiger partial charge in [-0.25, -0.2) is 0 Å². The number of hydrogen-bond donors (Lipinski definition) is 1. The molecule has 0 radical (unpaired) electrons. The summed E-state index contributed by atoms with van der Waals surface area (Å²) in [5.74, 6) is 1.67. The molecule has 0 saturated heterocycles. The summed E-state index contributed by atoms with van der Waals surface area (Å²) in [6.45, 7) is 4.24. The van der Waals surface area contributed by atoms with E-state index >= 15 is 0 Å². The molecular formula is C13H18N4O. The highest BCUT2D eigenvalue weighted by molar-refractivity contribution is 5.13. The molecule has 0 aliphatic carbocycles. The van der Waals surface area contributed by atoms with Gasteiger partial charge < -0.3 is 10.3 Å². The summed E-state index contributed by atoms with van der Waals surface area (Å²) in [6, 6.07) is 3.69. The van der Waals surface area contributed by atoms with Crippen LogP contribution in [-0.4, -0.2) is 15.1 Å². The van der Waals surface area contributed by atoms with Crippen molar-refractivity contribution in [1.29, 1.82) is 0 Å². The summed E-state index contributed by atoms with van der Waals surface area (Å²) in [5.41, 5.74) is 7.05. The van der Waals surface area contributed by atoms with E-state index in [4.69, 9.17) is 10.3 Å². The van der Waals surface area contributed by atoms with E-state index < -0.39 is 0 Å². The first-order chi connectivity index (χ1) is 8.65. The summed E-state index contributed by atoms with van der Waals surface area (Å²) >= 11 is 0. The first kappa shape index (κ1) is 12.7. The molecule has 2 aromatic heterocycles. The lowest BCUT2D eigenvalue weighted by molar-refractivity contribution is 0.333. The Morgan fingerprint density at radius 2 is 2.22 bits per heavy atom. The van der Waals surface area contributed by atoms with Crippen molar-refractivity contribution in [2.75, 3.05) is 0 Å². The van der Waals surface area contributed by atoms with E-state index in [1.54, 1.807) is 12.4 Å². The summed E-state index contributed by atoms with van der Waals surface area (Å²) < 4.78 is 5.19. The van der Waals surface area contributed by atoms with Crippen LogP contribution in [-0.2, 0) is 6.42 Å². The average molecular weight is 246 g/mol. The van der Waals surface area contributed by atoms with E-state index in [0.29, 0.717) is 24.1 Å². The molecule has 2 heterocycles. The zero-order valence-electron chi connectivity index (χ0n) is 10.7. The van der Waals surface area contributed by atoms with Gasteiger partial charge >= 0.3 is 0 Å². The van der Waals surface area contributed by atoms with E-state index in [0.717, 1.165) is 12.0 Å². The molecule has 96 valence electrons. The number of hydrogen-bond acceptors (Lipinski definition) is 5. The minimum absolute atomic E-state index is 0.180. The van der Waals surface area contributed by atoms with Gasteiger partial charge in [-0.2, -0.15) is 4.98 Å². The molecule has 0 saturated carbocycles. The van der Waals surface area contributed by atoms with Crippen molar-refractivity contribution < 1.29 is 4.52 Å². The van der Waals surface area contributed by atoms with Gasteiger partial charge in [0.25, 0.3) is 0 Å². The normalized spacial score (nSPS) is 12.9. The number of rotatable bonds is 5. The number of nitrogens with zero attached hydrogens (tertiary/aromatic N) is 3. The molecule has 2 rings (SSSR count). The summed E-state index contributed by atoms with van der Waals surface area (Å²) in [5, 5.41) is 3.95. The molecule has 0 aliphatic heterocycles. The predicted molar refractivity (Wildman–Crippen MR) is 67.7 cm³/mol. The van der Waals surface area contributed by atoms with E-state index in [2.05, 4.69) is 29.0 Å². The van der Waals surface area contributed by atoms with Gasteiger partial charge in [-0.05, 0) is 24.0 Å². The third kappa shape index (κ3) is 3.37. The van der Waals surface area contributed by atoms with Crippen LogP contribution in [0.3, 0.4) is 0 Å². The molecule has 0 aliphatic rings. The molecule has 0 unspecified atom stereocenters. The van der Waals surface area contributed by atoms with Gasteiger partial charge in [0.05, 0.1) is 6.04 Å². The van der Waals surface area contributed by atoms with Gasteiger partial charge in [-0.15, -0.1) is 0 Å². The quantitative estimate of drug-likeness (QED) is 0.874. The number of aromatic nitrogens is 3. The van der Waals surface area contributed by atoms with Crippen molar-refractivity contribution in [3.63, 3.8) is 0 Å². The van der Waals surface area contributed by atoms with Gasteiger partial charge in [-0.1, -0.05) is 25.1 Å². The fraction of sp³-hybridized carbons (Fsp3) is 0.462. The van der Waals surface area contributed by atoms with Crippen LogP contribution in [0.2, 0.25) is 0 Å². The van der Waals surface area contributed by atoms with E-state index in [1.807, 2.05) is 12.1 Å². The second-order valence-corrected chi connectivity index (χ2v) is 4.82. The van der Waals surface area contributed by atoms with Crippen molar-refractivity contribution in [3.8, 4) is 0 Å². The van der Waals surface area contributed by atoms with Gasteiger partial charge in [0.1, 0.15) is 0 Å². The summed E-state index contributed by atoms with van der Waals surface area (Å²) in [6.07, 6.45) is 4.99. The van der Waals surface area contributed by atoms with Crippen molar-refractivity contribution in [1.82, 2.24) is 15.1 Å². The predicted octanol–water partition coefficient (Wildman–Crippen LogP) is 2.10. The smallest absolute Gasteiger partial charge is 0.243 e. The molecule has 5 heteroatoms. The van der Waals surface area contributed by atoms with Crippen LogP contribution in [0, 0.1) is 5.92 Å². The zero-order chi connectivity index (χ0) is 13.0. The first-order valence-electron chi connectivity index (χ1n) is 6.12. The molecule has 1 atom stereocenters. The lowest BCUT2D eigenvalue weighted by atomic mass is 10.0.